The van der Waals surface area contributed by atoms with Crippen LogP contribution in [0.2, 0.25) is 0 Å². The Morgan fingerprint density at radius 3 is 2.90 bits per heavy atom. The van der Waals surface area contributed by atoms with E-state index in [4.69, 9.17) is 4.74 Å². The zero-order valence-electron chi connectivity index (χ0n) is 11.0. The van der Waals surface area contributed by atoms with Crippen LogP contribution in [-0.4, -0.2) is 12.5 Å². The zero-order chi connectivity index (χ0) is 14.4. The van der Waals surface area contributed by atoms with Crippen LogP contribution in [0.25, 0.3) is 10.8 Å². The SMILES string of the molecule is CC=CNNC(=O)COc1ccc2ccccc2c1Br. The highest BCUT2D eigenvalue weighted by Crippen LogP contribution is 2.32. The second kappa shape index (κ2) is 6.96. The van der Waals surface area contributed by atoms with Crippen LogP contribution in [-0.2, 0) is 4.79 Å². The van der Waals surface area contributed by atoms with E-state index in [2.05, 4.69) is 26.8 Å². The number of hydrogen-bond acceptors (Lipinski definition) is 3. The first-order valence-corrected chi connectivity index (χ1v) is 6.97. The quantitative estimate of drug-likeness (QED) is 0.826. The third-order valence-electron chi connectivity index (χ3n) is 2.65. The number of carbonyl (C=O) groups is 1. The van der Waals surface area contributed by atoms with Gasteiger partial charge in [0.05, 0.1) is 4.47 Å². The summed E-state index contributed by atoms with van der Waals surface area (Å²) in [6, 6.07) is 11.8. The minimum absolute atomic E-state index is 0.0541. The molecule has 2 N–H and O–H groups in total. The van der Waals surface area contributed by atoms with E-state index >= 15 is 0 Å². The predicted octanol–water partition coefficient (Wildman–Crippen LogP) is 3.14. The van der Waals surface area contributed by atoms with E-state index in [1.807, 2.05) is 43.3 Å². The molecule has 2 aromatic carbocycles. The Labute approximate surface area is 125 Å². The summed E-state index contributed by atoms with van der Waals surface area (Å²) < 4.78 is 6.37. The summed E-state index contributed by atoms with van der Waals surface area (Å²) in [5.41, 5.74) is 5.14. The number of fused-ring (bicyclic) bond motifs is 1. The van der Waals surface area contributed by atoms with Gasteiger partial charge in [0.1, 0.15) is 5.75 Å². The van der Waals surface area contributed by atoms with Gasteiger partial charge < -0.3 is 10.2 Å². The van der Waals surface area contributed by atoms with Crippen molar-refractivity contribution < 1.29 is 9.53 Å². The second-order valence-electron chi connectivity index (χ2n) is 4.08. The van der Waals surface area contributed by atoms with E-state index in [0.717, 1.165) is 15.2 Å². The highest BCUT2D eigenvalue weighted by molar-refractivity contribution is 9.10. The normalized spacial score (nSPS) is 10.7. The largest absolute Gasteiger partial charge is 0.483 e. The topological polar surface area (TPSA) is 50.4 Å². The highest BCUT2D eigenvalue weighted by Gasteiger charge is 2.07. The van der Waals surface area contributed by atoms with E-state index in [1.54, 1.807) is 12.3 Å². The van der Waals surface area contributed by atoms with Gasteiger partial charge in [-0.3, -0.25) is 10.2 Å². The molecule has 0 aliphatic rings. The maximum atomic E-state index is 11.5. The zero-order valence-corrected chi connectivity index (χ0v) is 12.6. The Balaban J connectivity index is 2.03. The van der Waals surface area contributed by atoms with Crippen molar-refractivity contribution in [1.82, 2.24) is 10.9 Å². The molecule has 0 radical (unpaired) electrons. The first-order valence-electron chi connectivity index (χ1n) is 6.18. The minimum Gasteiger partial charge on any atom is -0.483 e. The summed E-state index contributed by atoms with van der Waals surface area (Å²) >= 11 is 3.51. The minimum atomic E-state index is -0.247. The lowest BCUT2D eigenvalue weighted by molar-refractivity contribution is -0.123. The Morgan fingerprint density at radius 2 is 2.10 bits per heavy atom. The third-order valence-corrected chi connectivity index (χ3v) is 3.47. The van der Waals surface area contributed by atoms with Gasteiger partial charge in [-0.2, -0.15) is 0 Å². The maximum absolute atomic E-state index is 11.5. The molecule has 0 saturated carbocycles. The van der Waals surface area contributed by atoms with Gasteiger partial charge in [-0.15, -0.1) is 0 Å². The fourth-order valence-electron chi connectivity index (χ4n) is 1.71. The van der Waals surface area contributed by atoms with Crippen LogP contribution < -0.4 is 15.6 Å². The number of allylic oxidation sites excluding steroid dienone is 1. The van der Waals surface area contributed by atoms with E-state index < -0.39 is 0 Å². The molecule has 0 unspecified atom stereocenters. The van der Waals surface area contributed by atoms with E-state index in [1.165, 1.54) is 0 Å². The molecule has 0 atom stereocenters. The molecule has 20 heavy (non-hydrogen) atoms. The third kappa shape index (κ3) is 3.51. The summed E-state index contributed by atoms with van der Waals surface area (Å²) in [6.45, 7) is 1.79. The number of carbonyl (C=O) groups excluding carboxylic acids is 1. The van der Waals surface area contributed by atoms with Gasteiger partial charge in [0.25, 0.3) is 5.91 Å². The summed E-state index contributed by atoms with van der Waals surface area (Å²) in [6.07, 6.45) is 3.41. The van der Waals surface area contributed by atoms with E-state index in [9.17, 15) is 4.79 Å². The van der Waals surface area contributed by atoms with Gasteiger partial charge in [-0.1, -0.05) is 36.4 Å². The number of amides is 1. The fourth-order valence-corrected chi connectivity index (χ4v) is 2.32. The molecular formula is C15H15BrN2O2. The van der Waals surface area contributed by atoms with E-state index in [0.29, 0.717) is 5.75 Å². The molecule has 5 heteroatoms. The standard InChI is InChI=1S/C15H15BrN2O2/c1-2-9-17-18-14(19)10-20-13-8-7-11-5-3-4-6-12(11)15(13)16/h2-9,17H,10H2,1H3,(H,18,19). The molecule has 4 nitrogen and oxygen atoms in total. The van der Waals surface area contributed by atoms with Crippen LogP contribution in [0.1, 0.15) is 6.92 Å². The maximum Gasteiger partial charge on any atom is 0.276 e. The number of nitrogens with one attached hydrogen (secondary N) is 2. The molecule has 0 heterocycles. The lowest BCUT2D eigenvalue weighted by Gasteiger charge is -2.10. The van der Waals surface area contributed by atoms with Crippen LogP contribution in [0.5, 0.6) is 5.75 Å². The predicted molar refractivity (Wildman–Crippen MR) is 83.2 cm³/mol. The second-order valence-corrected chi connectivity index (χ2v) is 4.87. The number of rotatable bonds is 5. The summed E-state index contributed by atoms with van der Waals surface area (Å²) in [7, 11) is 0. The molecule has 0 aliphatic carbocycles. The van der Waals surface area contributed by atoms with Crippen molar-refractivity contribution in [3.63, 3.8) is 0 Å². The molecule has 0 bridgehead atoms. The number of halogens is 1. The molecule has 0 aliphatic heterocycles. The first-order chi connectivity index (χ1) is 9.72. The fraction of sp³-hybridized carbons (Fsp3) is 0.133. The summed E-state index contributed by atoms with van der Waals surface area (Å²) in [4.78, 5) is 11.5. The van der Waals surface area contributed by atoms with E-state index in [-0.39, 0.29) is 12.5 Å². The molecule has 2 aromatic rings. The molecule has 1 amide bonds. The lowest BCUT2D eigenvalue weighted by Crippen LogP contribution is -2.37. The Bertz CT molecular complexity index is 641. The van der Waals surface area contributed by atoms with Crippen molar-refractivity contribution >= 4 is 32.6 Å². The van der Waals surface area contributed by atoms with Crippen molar-refractivity contribution in [2.45, 2.75) is 6.92 Å². The summed E-state index contributed by atoms with van der Waals surface area (Å²) in [5.74, 6) is 0.396. The van der Waals surface area contributed by atoms with Crippen LogP contribution in [0.3, 0.4) is 0 Å². The monoisotopic (exact) mass is 334 g/mol. The Hall–Kier alpha value is -2.01. The van der Waals surface area contributed by atoms with Gasteiger partial charge in [0.2, 0.25) is 0 Å². The number of ether oxygens (including phenoxy) is 1. The molecule has 2 rings (SSSR count). The van der Waals surface area contributed by atoms with Gasteiger partial charge in [-0.05, 0) is 39.7 Å². The van der Waals surface area contributed by atoms with Crippen LogP contribution in [0.4, 0.5) is 0 Å². The first kappa shape index (κ1) is 14.4. The molecule has 0 aromatic heterocycles. The van der Waals surface area contributed by atoms with Crippen LogP contribution in [0.15, 0.2) is 53.1 Å². The number of hydrogen-bond donors (Lipinski definition) is 2. The van der Waals surface area contributed by atoms with Gasteiger partial charge in [0.15, 0.2) is 6.61 Å². The number of hydrazine groups is 1. The molecule has 104 valence electrons. The van der Waals surface area contributed by atoms with Gasteiger partial charge in [0, 0.05) is 6.20 Å². The summed E-state index contributed by atoms with van der Waals surface area (Å²) in [5, 5.41) is 2.17. The van der Waals surface area contributed by atoms with Crippen molar-refractivity contribution in [2.75, 3.05) is 6.61 Å². The molecule has 0 fully saturated rings. The highest BCUT2D eigenvalue weighted by atomic mass is 79.9. The Morgan fingerprint density at radius 1 is 1.30 bits per heavy atom. The van der Waals surface area contributed by atoms with Crippen LogP contribution in [0, 0.1) is 0 Å². The van der Waals surface area contributed by atoms with Crippen molar-refractivity contribution in [2.24, 2.45) is 0 Å². The lowest BCUT2D eigenvalue weighted by atomic mass is 10.1. The number of benzene rings is 2. The van der Waals surface area contributed by atoms with Gasteiger partial charge >= 0.3 is 0 Å². The average molecular weight is 335 g/mol. The average Bonchev–Trinajstić information content (AvgIpc) is 2.47. The van der Waals surface area contributed by atoms with Crippen molar-refractivity contribution in [1.29, 1.82) is 0 Å². The van der Waals surface area contributed by atoms with Crippen molar-refractivity contribution in [3.05, 3.63) is 53.1 Å². The molecule has 0 saturated heterocycles. The molecular weight excluding hydrogens is 320 g/mol. The van der Waals surface area contributed by atoms with Gasteiger partial charge in [-0.25, -0.2) is 0 Å². The van der Waals surface area contributed by atoms with Crippen molar-refractivity contribution in [3.8, 4) is 5.75 Å². The van der Waals surface area contributed by atoms with Crippen LogP contribution >= 0.6 is 15.9 Å². The Kier molecular flexibility index (Phi) is 5.01. The molecule has 0 spiro atoms. The smallest absolute Gasteiger partial charge is 0.276 e.